The number of nitro benzene ring substituents is 1. The molecule has 0 aliphatic rings. The van der Waals surface area contributed by atoms with Gasteiger partial charge in [0, 0.05) is 18.6 Å². The Morgan fingerprint density at radius 3 is 2.26 bits per heavy atom. The zero-order valence-corrected chi connectivity index (χ0v) is 10.1. The van der Waals surface area contributed by atoms with E-state index in [0.717, 1.165) is 5.56 Å². The van der Waals surface area contributed by atoms with E-state index in [-0.39, 0.29) is 11.5 Å². The molecular formula is C14H12FNO3. The van der Waals surface area contributed by atoms with Gasteiger partial charge in [-0.2, -0.15) is 0 Å². The van der Waals surface area contributed by atoms with Crippen LogP contribution < -0.4 is 4.74 Å². The highest BCUT2D eigenvalue weighted by atomic mass is 19.1. The van der Waals surface area contributed by atoms with Crippen molar-refractivity contribution in [2.75, 3.05) is 6.61 Å². The van der Waals surface area contributed by atoms with E-state index in [9.17, 15) is 14.5 Å². The minimum Gasteiger partial charge on any atom is -0.493 e. The molecule has 0 saturated heterocycles. The molecule has 0 N–H and O–H groups in total. The molecule has 0 aliphatic heterocycles. The summed E-state index contributed by atoms with van der Waals surface area (Å²) in [5.74, 6) is 0.297. The van der Waals surface area contributed by atoms with Crippen LogP contribution in [0, 0.1) is 15.9 Å². The van der Waals surface area contributed by atoms with Crippen LogP contribution in [0.4, 0.5) is 10.1 Å². The van der Waals surface area contributed by atoms with Crippen LogP contribution >= 0.6 is 0 Å². The van der Waals surface area contributed by atoms with Crippen molar-refractivity contribution < 1.29 is 14.1 Å². The lowest BCUT2D eigenvalue weighted by Crippen LogP contribution is -2.01. The maximum Gasteiger partial charge on any atom is 0.269 e. The molecule has 0 spiro atoms. The number of non-ortho nitro benzene ring substituents is 1. The summed E-state index contributed by atoms with van der Waals surface area (Å²) in [5.41, 5.74) is 1.02. The first-order chi connectivity index (χ1) is 9.15. The van der Waals surface area contributed by atoms with E-state index in [0.29, 0.717) is 18.8 Å². The molecule has 0 saturated carbocycles. The number of nitrogens with zero attached hydrogens (tertiary/aromatic N) is 1. The van der Waals surface area contributed by atoms with Crippen LogP contribution in [0.3, 0.4) is 0 Å². The molecule has 2 aromatic rings. The van der Waals surface area contributed by atoms with E-state index < -0.39 is 4.92 Å². The molecule has 98 valence electrons. The second kappa shape index (κ2) is 5.95. The number of ether oxygens (including phenoxy) is 1. The van der Waals surface area contributed by atoms with Gasteiger partial charge in [0.05, 0.1) is 11.5 Å². The summed E-state index contributed by atoms with van der Waals surface area (Å²) in [6.45, 7) is 0.434. The Hall–Kier alpha value is -2.43. The summed E-state index contributed by atoms with van der Waals surface area (Å²) in [6, 6.07) is 12.1. The fourth-order valence-electron chi connectivity index (χ4n) is 1.60. The summed E-state index contributed by atoms with van der Waals surface area (Å²) in [4.78, 5) is 10.1. The molecule has 0 amide bonds. The van der Waals surface area contributed by atoms with Gasteiger partial charge in [0.15, 0.2) is 0 Å². The van der Waals surface area contributed by atoms with Crippen LogP contribution in [0.2, 0.25) is 0 Å². The van der Waals surface area contributed by atoms with Crippen molar-refractivity contribution in [1.82, 2.24) is 0 Å². The van der Waals surface area contributed by atoms with Crippen molar-refractivity contribution in [1.29, 1.82) is 0 Å². The fourth-order valence-corrected chi connectivity index (χ4v) is 1.60. The van der Waals surface area contributed by atoms with Crippen molar-refractivity contribution in [2.45, 2.75) is 6.42 Å². The number of halogens is 1. The van der Waals surface area contributed by atoms with Crippen LogP contribution in [0.15, 0.2) is 48.5 Å². The molecule has 0 radical (unpaired) electrons. The molecule has 4 nitrogen and oxygen atoms in total. The van der Waals surface area contributed by atoms with Gasteiger partial charge in [0.1, 0.15) is 11.6 Å². The zero-order valence-electron chi connectivity index (χ0n) is 10.1. The molecule has 0 bridgehead atoms. The minimum atomic E-state index is -0.432. The van der Waals surface area contributed by atoms with E-state index in [2.05, 4.69) is 0 Å². The summed E-state index contributed by atoms with van der Waals surface area (Å²) in [7, 11) is 0. The van der Waals surface area contributed by atoms with Gasteiger partial charge < -0.3 is 4.74 Å². The SMILES string of the molecule is O=[N+]([O-])c1ccc(CCOc2ccc(F)cc2)cc1. The number of hydrogen-bond acceptors (Lipinski definition) is 3. The summed E-state index contributed by atoms with van der Waals surface area (Å²) < 4.78 is 18.1. The molecule has 0 atom stereocenters. The van der Waals surface area contributed by atoms with Crippen molar-refractivity contribution >= 4 is 5.69 Å². The first kappa shape index (κ1) is 13.0. The Kier molecular flexibility index (Phi) is 4.07. The van der Waals surface area contributed by atoms with Crippen LogP contribution in [0.25, 0.3) is 0 Å². The van der Waals surface area contributed by atoms with Crippen LogP contribution in [0.5, 0.6) is 5.75 Å². The average Bonchev–Trinajstić information content (AvgIpc) is 2.41. The van der Waals surface area contributed by atoms with Gasteiger partial charge in [-0.25, -0.2) is 4.39 Å². The standard InChI is InChI=1S/C14H12FNO3/c15-12-3-7-14(8-4-12)19-10-9-11-1-5-13(6-2-11)16(17)18/h1-8H,9-10H2. The highest BCUT2D eigenvalue weighted by molar-refractivity contribution is 5.33. The maximum atomic E-state index is 12.7. The van der Waals surface area contributed by atoms with Gasteiger partial charge in [-0.05, 0) is 29.8 Å². The number of rotatable bonds is 5. The lowest BCUT2D eigenvalue weighted by atomic mass is 10.1. The predicted octanol–water partition coefficient (Wildman–Crippen LogP) is 3.36. The monoisotopic (exact) mass is 261 g/mol. The first-order valence-corrected chi connectivity index (χ1v) is 5.77. The largest absolute Gasteiger partial charge is 0.493 e. The topological polar surface area (TPSA) is 52.4 Å². The molecule has 19 heavy (non-hydrogen) atoms. The van der Waals surface area contributed by atoms with E-state index in [4.69, 9.17) is 4.74 Å². The second-order valence-corrected chi connectivity index (χ2v) is 3.98. The van der Waals surface area contributed by atoms with E-state index in [1.54, 1.807) is 24.3 Å². The third-order valence-corrected chi connectivity index (χ3v) is 2.62. The fraction of sp³-hybridized carbons (Fsp3) is 0.143. The van der Waals surface area contributed by atoms with Crippen molar-refractivity contribution in [3.8, 4) is 5.75 Å². The third kappa shape index (κ3) is 3.77. The van der Waals surface area contributed by atoms with Gasteiger partial charge in [-0.1, -0.05) is 12.1 Å². The summed E-state index contributed by atoms with van der Waals surface area (Å²) in [6.07, 6.45) is 0.634. The minimum absolute atomic E-state index is 0.0724. The van der Waals surface area contributed by atoms with E-state index in [1.807, 2.05) is 0 Å². The Morgan fingerprint density at radius 2 is 1.68 bits per heavy atom. The van der Waals surface area contributed by atoms with Crippen molar-refractivity contribution in [2.24, 2.45) is 0 Å². The third-order valence-electron chi connectivity index (χ3n) is 2.62. The second-order valence-electron chi connectivity index (χ2n) is 3.98. The smallest absolute Gasteiger partial charge is 0.269 e. The Bertz CT molecular complexity index is 552. The van der Waals surface area contributed by atoms with Gasteiger partial charge in [0.2, 0.25) is 0 Å². The van der Waals surface area contributed by atoms with Crippen molar-refractivity contribution in [3.63, 3.8) is 0 Å². The number of nitro groups is 1. The van der Waals surface area contributed by atoms with E-state index in [1.165, 1.54) is 24.3 Å². The molecule has 0 aliphatic carbocycles. The van der Waals surface area contributed by atoms with Crippen LogP contribution in [-0.2, 0) is 6.42 Å². The molecular weight excluding hydrogens is 249 g/mol. The Labute approximate surface area is 109 Å². The van der Waals surface area contributed by atoms with Crippen LogP contribution in [-0.4, -0.2) is 11.5 Å². The summed E-state index contributed by atoms with van der Waals surface area (Å²) >= 11 is 0. The highest BCUT2D eigenvalue weighted by Gasteiger charge is 2.03. The normalized spacial score (nSPS) is 10.2. The van der Waals surface area contributed by atoms with Gasteiger partial charge in [-0.3, -0.25) is 10.1 Å². The molecule has 2 rings (SSSR count). The highest BCUT2D eigenvalue weighted by Crippen LogP contribution is 2.14. The maximum absolute atomic E-state index is 12.7. The molecule has 0 fully saturated rings. The Balaban J connectivity index is 1.85. The molecule has 0 heterocycles. The first-order valence-electron chi connectivity index (χ1n) is 5.77. The number of benzene rings is 2. The quantitative estimate of drug-likeness (QED) is 0.612. The lowest BCUT2D eigenvalue weighted by Gasteiger charge is -2.05. The molecule has 0 aromatic heterocycles. The molecule has 5 heteroatoms. The predicted molar refractivity (Wildman–Crippen MR) is 68.7 cm³/mol. The lowest BCUT2D eigenvalue weighted by molar-refractivity contribution is -0.384. The van der Waals surface area contributed by atoms with Gasteiger partial charge in [0.25, 0.3) is 5.69 Å². The number of hydrogen-bond donors (Lipinski definition) is 0. The van der Waals surface area contributed by atoms with Gasteiger partial charge in [-0.15, -0.1) is 0 Å². The zero-order chi connectivity index (χ0) is 13.7. The average molecular weight is 261 g/mol. The Morgan fingerprint density at radius 1 is 1.05 bits per heavy atom. The van der Waals surface area contributed by atoms with E-state index >= 15 is 0 Å². The summed E-state index contributed by atoms with van der Waals surface area (Å²) in [5, 5.41) is 10.5. The molecule has 0 unspecified atom stereocenters. The molecule has 2 aromatic carbocycles. The van der Waals surface area contributed by atoms with Crippen LogP contribution in [0.1, 0.15) is 5.56 Å². The van der Waals surface area contributed by atoms with Gasteiger partial charge >= 0.3 is 0 Å². The van der Waals surface area contributed by atoms with Crippen molar-refractivity contribution in [3.05, 3.63) is 70.0 Å².